The van der Waals surface area contributed by atoms with E-state index in [1.165, 1.54) is 0 Å². The predicted octanol–water partition coefficient (Wildman–Crippen LogP) is 2.37. The second kappa shape index (κ2) is 6.19. The zero-order valence-electron chi connectivity index (χ0n) is 10.9. The van der Waals surface area contributed by atoms with E-state index in [9.17, 15) is 9.18 Å². The fourth-order valence-electron chi connectivity index (χ4n) is 1.74. The summed E-state index contributed by atoms with van der Waals surface area (Å²) in [6.07, 6.45) is 1.30. The molecular weight excluding hydrogens is 225 g/mol. The van der Waals surface area contributed by atoms with Crippen LogP contribution >= 0.6 is 0 Å². The fourth-order valence-corrected chi connectivity index (χ4v) is 1.74. The first-order valence-electron chi connectivity index (χ1n) is 6.08. The molecule has 100 valence electrons. The lowest BCUT2D eigenvalue weighted by molar-refractivity contribution is -0.0141. The predicted molar refractivity (Wildman–Crippen MR) is 62.8 cm³/mol. The Morgan fingerprint density at radius 2 is 1.94 bits per heavy atom. The van der Waals surface area contributed by atoms with Crippen molar-refractivity contribution >= 4 is 6.09 Å². The highest BCUT2D eigenvalue weighted by atomic mass is 19.1. The molecule has 0 aromatic carbocycles. The number of rotatable bonds is 3. The summed E-state index contributed by atoms with van der Waals surface area (Å²) in [5, 5.41) is 0. The first-order chi connectivity index (χ1) is 7.92. The number of amides is 1. The Kier molecular flexibility index (Phi) is 5.18. The molecule has 0 aliphatic carbocycles. The van der Waals surface area contributed by atoms with Gasteiger partial charge in [-0.25, -0.2) is 9.18 Å². The molecule has 1 aliphatic heterocycles. The number of likely N-dealkylation sites (tertiary alicyclic amines) is 1. The zero-order chi connectivity index (χ0) is 12.9. The van der Waals surface area contributed by atoms with Crippen LogP contribution in [-0.2, 0) is 9.47 Å². The SMILES string of the molecule is CC(C)(C)OC(=O)N1CCC(OCCF)CC1. The Balaban J connectivity index is 2.29. The van der Waals surface area contributed by atoms with Gasteiger partial charge >= 0.3 is 6.09 Å². The monoisotopic (exact) mass is 247 g/mol. The van der Waals surface area contributed by atoms with Gasteiger partial charge in [0, 0.05) is 13.1 Å². The summed E-state index contributed by atoms with van der Waals surface area (Å²) in [6.45, 7) is 6.48. The summed E-state index contributed by atoms with van der Waals surface area (Å²) in [4.78, 5) is 13.4. The van der Waals surface area contributed by atoms with E-state index >= 15 is 0 Å². The van der Waals surface area contributed by atoms with Gasteiger partial charge in [0.25, 0.3) is 0 Å². The van der Waals surface area contributed by atoms with E-state index in [0.29, 0.717) is 13.1 Å². The van der Waals surface area contributed by atoms with Crippen LogP contribution in [-0.4, -0.2) is 49.1 Å². The average Bonchev–Trinajstić information content (AvgIpc) is 2.24. The number of piperidine rings is 1. The van der Waals surface area contributed by atoms with E-state index in [0.717, 1.165) is 12.8 Å². The van der Waals surface area contributed by atoms with Crippen molar-refractivity contribution in [2.24, 2.45) is 0 Å². The van der Waals surface area contributed by atoms with Crippen LogP contribution in [0.25, 0.3) is 0 Å². The summed E-state index contributed by atoms with van der Waals surface area (Å²) >= 11 is 0. The van der Waals surface area contributed by atoms with E-state index in [-0.39, 0.29) is 18.8 Å². The summed E-state index contributed by atoms with van der Waals surface area (Å²) in [5.41, 5.74) is -0.460. The highest BCUT2D eigenvalue weighted by molar-refractivity contribution is 5.68. The Bertz CT molecular complexity index is 245. The van der Waals surface area contributed by atoms with Crippen LogP contribution in [0.1, 0.15) is 33.6 Å². The summed E-state index contributed by atoms with van der Waals surface area (Å²) < 4.78 is 22.5. The minimum atomic E-state index is -0.460. The number of halogens is 1. The minimum absolute atomic E-state index is 0.0736. The topological polar surface area (TPSA) is 38.8 Å². The Morgan fingerprint density at radius 1 is 1.35 bits per heavy atom. The Morgan fingerprint density at radius 3 is 2.41 bits per heavy atom. The van der Waals surface area contributed by atoms with Gasteiger partial charge in [0.15, 0.2) is 0 Å². The molecule has 1 heterocycles. The molecule has 0 radical (unpaired) electrons. The molecule has 4 nitrogen and oxygen atoms in total. The molecule has 0 bridgehead atoms. The molecule has 0 N–H and O–H groups in total. The second-order valence-electron chi connectivity index (χ2n) is 5.23. The van der Waals surface area contributed by atoms with Crippen molar-refractivity contribution in [2.75, 3.05) is 26.4 Å². The molecule has 1 aliphatic rings. The van der Waals surface area contributed by atoms with Gasteiger partial charge < -0.3 is 14.4 Å². The third-order valence-electron chi connectivity index (χ3n) is 2.52. The molecule has 1 rings (SSSR count). The van der Waals surface area contributed by atoms with Crippen molar-refractivity contribution in [3.8, 4) is 0 Å². The number of carbonyl (C=O) groups excluding carboxylic acids is 1. The molecule has 0 aromatic heterocycles. The molecule has 0 atom stereocenters. The molecule has 0 unspecified atom stereocenters. The molecule has 0 saturated carbocycles. The highest BCUT2D eigenvalue weighted by Crippen LogP contribution is 2.17. The Hall–Kier alpha value is -0.840. The molecule has 1 fully saturated rings. The maximum atomic E-state index is 11.9. The van der Waals surface area contributed by atoms with E-state index in [1.54, 1.807) is 4.90 Å². The first-order valence-corrected chi connectivity index (χ1v) is 6.08. The third kappa shape index (κ3) is 5.35. The number of carbonyl (C=O) groups is 1. The van der Waals surface area contributed by atoms with Gasteiger partial charge in [0.1, 0.15) is 12.3 Å². The van der Waals surface area contributed by atoms with E-state index in [4.69, 9.17) is 9.47 Å². The van der Waals surface area contributed by atoms with Crippen LogP contribution in [0.5, 0.6) is 0 Å². The Labute approximate surface area is 102 Å². The van der Waals surface area contributed by atoms with Gasteiger partial charge in [-0.15, -0.1) is 0 Å². The van der Waals surface area contributed by atoms with Gasteiger partial charge in [-0.05, 0) is 33.6 Å². The second-order valence-corrected chi connectivity index (χ2v) is 5.23. The van der Waals surface area contributed by atoms with Gasteiger partial charge in [0.2, 0.25) is 0 Å². The lowest BCUT2D eigenvalue weighted by Crippen LogP contribution is -2.43. The number of hydrogen-bond donors (Lipinski definition) is 0. The molecule has 1 saturated heterocycles. The number of ether oxygens (including phenoxy) is 2. The smallest absolute Gasteiger partial charge is 0.410 e. The van der Waals surface area contributed by atoms with Crippen molar-refractivity contribution in [1.82, 2.24) is 4.90 Å². The van der Waals surface area contributed by atoms with Crippen molar-refractivity contribution in [1.29, 1.82) is 0 Å². The summed E-state index contributed by atoms with van der Waals surface area (Å²) in [7, 11) is 0. The normalized spacial score (nSPS) is 18.2. The molecule has 0 aromatic rings. The molecule has 1 amide bonds. The van der Waals surface area contributed by atoms with E-state index in [2.05, 4.69) is 0 Å². The van der Waals surface area contributed by atoms with Crippen LogP contribution < -0.4 is 0 Å². The lowest BCUT2D eigenvalue weighted by Gasteiger charge is -2.33. The van der Waals surface area contributed by atoms with E-state index < -0.39 is 12.3 Å². The van der Waals surface area contributed by atoms with Crippen molar-refractivity contribution < 1.29 is 18.7 Å². The van der Waals surface area contributed by atoms with Gasteiger partial charge in [-0.1, -0.05) is 0 Å². The van der Waals surface area contributed by atoms with Gasteiger partial charge in [-0.2, -0.15) is 0 Å². The number of alkyl halides is 1. The maximum absolute atomic E-state index is 11.9. The van der Waals surface area contributed by atoms with Crippen molar-refractivity contribution in [2.45, 2.75) is 45.3 Å². The van der Waals surface area contributed by atoms with Crippen LogP contribution in [0.3, 0.4) is 0 Å². The number of hydrogen-bond acceptors (Lipinski definition) is 3. The van der Waals surface area contributed by atoms with Crippen LogP contribution in [0.2, 0.25) is 0 Å². The quantitative estimate of drug-likeness (QED) is 0.768. The van der Waals surface area contributed by atoms with Gasteiger partial charge in [-0.3, -0.25) is 0 Å². The summed E-state index contributed by atoms with van der Waals surface area (Å²) in [6, 6.07) is 0. The van der Waals surface area contributed by atoms with Crippen LogP contribution in [0, 0.1) is 0 Å². The largest absolute Gasteiger partial charge is 0.444 e. The van der Waals surface area contributed by atoms with Crippen LogP contribution in [0.4, 0.5) is 9.18 Å². The third-order valence-corrected chi connectivity index (χ3v) is 2.52. The molecule has 17 heavy (non-hydrogen) atoms. The fraction of sp³-hybridized carbons (Fsp3) is 0.917. The molecule has 5 heteroatoms. The molecule has 0 spiro atoms. The molecular formula is C12H22FNO3. The minimum Gasteiger partial charge on any atom is -0.444 e. The van der Waals surface area contributed by atoms with Crippen molar-refractivity contribution in [3.63, 3.8) is 0 Å². The average molecular weight is 247 g/mol. The maximum Gasteiger partial charge on any atom is 0.410 e. The summed E-state index contributed by atoms with van der Waals surface area (Å²) in [5.74, 6) is 0. The first kappa shape index (κ1) is 14.2. The standard InChI is InChI=1S/C12H22FNO3/c1-12(2,3)17-11(15)14-7-4-10(5-8-14)16-9-6-13/h10H,4-9H2,1-3H3. The van der Waals surface area contributed by atoms with Crippen molar-refractivity contribution in [3.05, 3.63) is 0 Å². The van der Waals surface area contributed by atoms with Gasteiger partial charge in [0.05, 0.1) is 12.7 Å². The highest BCUT2D eigenvalue weighted by Gasteiger charge is 2.26. The van der Waals surface area contributed by atoms with Crippen LogP contribution in [0.15, 0.2) is 0 Å². The number of nitrogens with zero attached hydrogens (tertiary/aromatic N) is 1. The van der Waals surface area contributed by atoms with E-state index in [1.807, 2.05) is 20.8 Å². The zero-order valence-corrected chi connectivity index (χ0v) is 10.9. The lowest BCUT2D eigenvalue weighted by atomic mass is 10.1.